The van der Waals surface area contributed by atoms with E-state index in [0.29, 0.717) is 35.1 Å². The molecule has 4 aromatic rings. The highest BCUT2D eigenvalue weighted by molar-refractivity contribution is 6.04. The Morgan fingerprint density at radius 1 is 0.966 bits per heavy atom. The van der Waals surface area contributed by atoms with Gasteiger partial charge in [0.1, 0.15) is 5.69 Å². The average molecular weight is 386 g/mol. The summed E-state index contributed by atoms with van der Waals surface area (Å²) in [5.74, 6) is 0.445. The van der Waals surface area contributed by atoms with Crippen molar-refractivity contribution in [3.63, 3.8) is 0 Å². The number of anilines is 3. The molecule has 0 aliphatic heterocycles. The van der Waals surface area contributed by atoms with Gasteiger partial charge in [-0.1, -0.05) is 18.2 Å². The average Bonchev–Trinajstić information content (AvgIpc) is 3.07. The fourth-order valence-electron chi connectivity index (χ4n) is 3.21. The Kier molecular flexibility index (Phi) is 5.16. The molecule has 4 rings (SSSR count). The molecule has 0 radical (unpaired) electrons. The molecule has 2 heterocycles. The smallest absolute Gasteiger partial charge is 0.274 e. The number of aromatic nitrogens is 2. The molecule has 2 aromatic heterocycles. The first-order chi connectivity index (χ1) is 14.2. The van der Waals surface area contributed by atoms with Gasteiger partial charge in [0.2, 0.25) is 0 Å². The molecular weight excluding hydrogens is 364 g/mol. The molecule has 0 unspecified atom stereocenters. The van der Waals surface area contributed by atoms with Crippen molar-refractivity contribution in [1.82, 2.24) is 9.38 Å². The quantitative estimate of drug-likeness (QED) is 0.487. The van der Waals surface area contributed by atoms with Crippen molar-refractivity contribution in [3.05, 3.63) is 84.3 Å². The number of carbonyl (C=O) groups excluding carboxylic acids is 1. The van der Waals surface area contributed by atoms with E-state index in [1.807, 2.05) is 86.8 Å². The zero-order chi connectivity index (χ0) is 20.2. The summed E-state index contributed by atoms with van der Waals surface area (Å²) in [6.45, 7) is 4.28. The Morgan fingerprint density at radius 2 is 1.66 bits per heavy atom. The summed E-state index contributed by atoms with van der Waals surface area (Å²) in [4.78, 5) is 17.4. The van der Waals surface area contributed by atoms with Gasteiger partial charge >= 0.3 is 0 Å². The molecule has 0 aliphatic rings. The summed E-state index contributed by atoms with van der Waals surface area (Å²) in [5.41, 5.74) is 4.45. The lowest BCUT2D eigenvalue weighted by Crippen LogP contribution is -2.15. The van der Waals surface area contributed by atoms with Gasteiger partial charge in [-0.25, -0.2) is 4.98 Å². The number of benzene rings is 2. The highest BCUT2D eigenvalue weighted by atomic mass is 16.5. The summed E-state index contributed by atoms with van der Waals surface area (Å²) in [7, 11) is 0. The highest BCUT2D eigenvalue weighted by Gasteiger charge is 2.18. The largest absolute Gasteiger partial charge is 0.490 e. The Morgan fingerprint density at radius 3 is 2.38 bits per heavy atom. The second-order valence-corrected chi connectivity index (χ2v) is 6.57. The zero-order valence-electron chi connectivity index (χ0n) is 16.3. The molecular formula is C23H22N4O2. The van der Waals surface area contributed by atoms with Crippen LogP contribution < -0.4 is 15.4 Å². The van der Waals surface area contributed by atoms with E-state index in [2.05, 4.69) is 15.6 Å². The Hall–Kier alpha value is -3.80. The van der Waals surface area contributed by atoms with E-state index in [-0.39, 0.29) is 5.91 Å². The minimum absolute atomic E-state index is 0.215. The van der Waals surface area contributed by atoms with Gasteiger partial charge in [0.05, 0.1) is 12.3 Å². The fraction of sp³-hybridized carbons (Fsp3) is 0.130. The molecule has 6 heteroatoms. The number of amides is 1. The van der Waals surface area contributed by atoms with Crippen molar-refractivity contribution < 1.29 is 9.53 Å². The van der Waals surface area contributed by atoms with Crippen molar-refractivity contribution in [3.8, 4) is 5.75 Å². The molecule has 1 amide bonds. The van der Waals surface area contributed by atoms with Crippen LogP contribution in [0.1, 0.15) is 23.1 Å². The number of hydrogen-bond donors (Lipinski definition) is 2. The van der Waals surface area contributed by atoms with Crippen molar-refractivity contribution in [2.45, 2.75) is 13.8 Å². The molecule has 6 nitrogen and oxygen atoms in total. The van der Waals surface area contributed by atoms with E-state index in [1.54, 1.807) is 4.40 Å². The summed E-state index contributed by atoms with van der Waals surface area (Å²) < 4.78 is 7.39. The van der Waals surface area contributed by atoms with Crippen LogP contribution in [0.3, 0.4) is 0 Å². The van der Waals surface area contributed by atoms with Crippen LogP contribution in [0, 0.1) is 6.92 Å². The van der Waals surface area contributed by atoms with Gasteiger partial charge in [-0.15, -0.1) is 0 Å². The number of pyridine rings is 1. The van der Waals surface area contributed by atoms with E-state index < -0.39 is 0 Å². The molecule has 2 N–H and O–H groups in total. The number of para-hydroxylation sites is 1. The maximum Gasteiger partial charge on any atom is 0.274 e. The fourth-order valence-corrected chi connectivity index (χ4v) is 3.21. The number of nitrogens with one attached hydrogen (secondary N) is 2. The van der Waals surface area contributed by atoms with E-state index in [1.165, 1.54) is 0 Å². The number of fused-ring (bicyclic) bond motifs is 1. The molecule has 29 heavy (non-hydrogen) atoms. The van der Waals surface area contributed by atoms with Crippen LogP contribution in [0.5, 0.6) is 5.75 Å². The lowest BCUT2D eigenvalue weighted by atomic mass is 10.2. The molecule has 0 saturated carbocycles. The SMILES string of the molecule is CCOc1cccn2c(C(=O)Nc3ccc(Nc4ccccc4)cc3)c(C)nc12. The van der Waals surface area contributed by atoms with Gasteiger partial charge in [0.15, 0.2) is 11.4 Å². The first-order valence-electron chi connectivity index (χ1n) is 9.49. The molecule has 146 valence electrons. The summed E-state index contributed by atoms with van der Waals surface area (Å²) in [6.07, 6.45) is 1.82. The third-order valence-electron chi connectivity index (χ3n) is 4.51. The van der Waals surface area contributed by atoms with Gasteiger partial charge in [0, 0.05) is 23.3 Å². The number of hydrogen-bond acceptors (Lipinski definition) is 4. The van der Waals surface area contributed by atoms with E-state index in [4.69, 9.17) is 4.74 Å². The maximum absolute atomic E-state index is 12.9. The minimum atomic E-state index is -0.215. The van der Waals surface area contributed by atoms with E-state index in [0.717, 1.165) is 11.4 Å². The standard InChI is InChI=1S/C23H22N4O2/c1-3-29-20-10-7-15-27-21(16(2)24-22(20)27)23(28)26-19-13-11-18(12-14-19)25-17-8-5-4-6-9-17/h4-15,25H,3H2,1-2H3,(H,26,28). The summed E-state index contributed by atoms with van der Waals surface area (Å²) in [6, 6.07) is 21.2. The topological polar surface area (TPSA) is 67.7 Å². The molecule has 0 atom stereocenters. The first kappa shape index (κ1) is 18.6. The Bertz CT molecular complexity index is 1130. The lowest BCUT2D eigenvalue weighted by molar-refractivity contribution is 0.102. The molecule has 0 fully saturated rings. The number of nitrogens with zero attached hydrogens (tertiary/aromatic N) is 2. The van der Waals surface area contributed by atoms with Gasteiger partial charge in [-0.2, -0.15) is 0 Å². The lowest BCUT2D eigenvalue weighted by Gasteiger charge is -2.09. The van der Waals surface area contributed by atoms with Gasteiger partial charge in [-0.3, -0.25) is 9.20 Å². The number of aryl methyl sites for hydroxylation is 1. The third-order valence-corrected chi connectivity index (χ3v) is 4.51. The number of carbonyl (C=O) groups is 1. The van der Waals surface area contributed by atoms with Crippen LogP contribution >= 0.6 is 0 Å². The normalized spacial score (nSPS) is 10.7. The van der Waals surface area contributed by atoms with Crippen LogP contribution in [0.15, 0.2) is 72.9 Å². The highest BCUT2D eigenvalue weighted by Crippen LogP contribution is 2.23. The van der Waals surface area contributed by atoms with Crippen LogP contribution in [0.4, 0.5) is 17.1 Å². The van der Waals surface area contributed by atoms with Gasteiger partial charge in [-0.05, 0) is 62.4 Å². The molecule has 0 spiro atoms. The van der Waals surface area contributed by atoms with E-state index in [9.17, 15) is 4.79 Å². The van der Waals surface area contributed by atoms with Gasteiger partial charge in [0.25, 0.3) is 5.91 Å². The van der Waals surface area contributed by atoms with Crippen LogP contribution in [-0.4, -0.2) is 21.9 Å². The molecule has 2 aromatic carbocycles. The van der Waals surface area contributed by atoms with Crippen molar-refractivity contribution >= 4 is 28.6 Å². The number of rotatable bonds is 6. The van der Waals surface area contributed by atoms with Crippen molar-refractivity contribution in [2.24, 2.45) is 0 Å². The van der Waals surface area contributed by atoms with E-state index >= 15 is 0 Å². The van der Waals surface area contributed by atoms with Crippen LogP contribution in [-0.2, 0) is 0 Å². The number of ether oxygens (including phenoxy) is 1. The molecule has 0 saturated heterocycles. The second-order valence-electron chi connectivity index (χ2n) is 6.57. The van der Waals surface area contributed by atoms with Crippen LogP contribution in [0.2, 0.25) is 0 Å². The minimum Gasteiger partial charge on any atom is -0.490 e. The van der Waals surface area contributed by atoms with Crippen molar-refractivity contribution in [2.75, 3.05) is 17.2 Å². The predicted molar refractivity (Wildman–Crippen MR) is 115 cm³/mol. The summed E-state index contributed by atoms with van der Waals surface area (Å²) in [5, 5.41) is 6.27. The molecule has 0 bridgehead atoms. The van der Waals surface area contributed by atoms with Crippen molar-refractivity contribution in [1.29, 1.82) is 0 Å². The maximum atomic E-state index is 12.9. The monoisotopic (exact) mass is 386 g/mol. The predicted octanol–water partition coefficient (Wildman–Crippen LogP) is 5.04. The number of imidazole rings is 1. The summed E-state index contributed by atoms with van der Waals surface area (Å²) >= 11 is 0. The second kappa shape index (κ2) is 8.06. The third kappa shape index (κ3) is 3.91. The first-order valence-corrected chi connectivity index (χ1v) is 9.49. The Labute approximate surface area is 169 Å². The zero-order valence-corrected chi connectivity index (χ0v) is 16.3. The molecule has 0 aliphatic carbocycles. The van der Waals surface area contributed by atoms with Crippen LogP contribution in [0.25, 0.3) is 5.65 Å². The Balaban J connectivity index is 1.54. The van der Waals surface area contributed by atoms with Gasteiger partial charge < -0.3 is 15.4 Å².